The van der Waals surface area contributed by atoms with E-state index in [0.29, 0.717) is 37.1 Å². The van der Waals surface area contributed by atoms with Gasteiger partial charge in [0.15, 0.2) is 11.2 Å². The third-order valence-electron chi connectivity index (χ3n) is 4.08. The zero-order chi connectivity index (χ0) is 17.1. The van der Waals surface area contributed by atoms with Crippen LogP contribution in [0.1, 0.15) is 33.6 Å². The maximum absolute atomic E-state index is 12.6. The maximum atomic E-state index is 12.6. The summed E-state index contributed by atoms with van der Waals surface area (Å²) in [5, 5.41) is 18.9. The largest absolute Gasteiger partial charge is 0.391 e. The van der Waals surface area contributed by atoms with Gasteiger partial charge < -0.3 is 14.8 Å². The number of nitrogens with zero attached hydrogens (tertiary/aromatic N) is 4. The second kappa shape index (κ2) is 7.10. The van der Waals surface area contributed by atoms with Crippen LogP contribution in [-0.4, -0.2) is 41.1 Å². The standard InChI is InChI=1S/C15H24N4O4/c1-4-17-9-16-13-12(17)14(22)19(15(23)18(13)5-2)8-6-7-11(21)10(3)20/h9-11,20-21H,4-8H2,1-3H3. The van der Waals surface area contributed by atoms with Gasteiger partial charge in [-0.25, -0.2) is 9.78 Å². The van der Waals surface area contributed by atoms with Gasteiger partial charge in [0.25, 0.3) is 5.56 Å². The van der Waals surface area contributed by atoms with Gasteiger partial charge in [-0.2, -0.15) is 0 Å². The number of aliphatic hydroxyl groups excluding tert-OH is 2. The van der Waals surface area contributed by atoms with Gasteiger partial charge in [-0.05, 0) is 33.6 Å². The summed E-state index contributed by atoms with van der Waals surface area (Å²) < 4.78 is 4.40. The number of aliphatic hydroxyl groups is 2. The minimum Gasteiger partial charge on any atom is -0.391 e. The quantitative estimate of drug-likeness (QED) is 0.742. The van der Waals surface area contributed by atoms with Crippen LogP contribution in [0.5, 0.6) is 0 Å². The van der Waals surface area contributed by atoms with E-state index in [1.807, 2.05) is 13.8 Å². The molecule has 0 amide bonds. The average Bonchev–Trinajstić information content (AvgIpc) is 2.94. The number of fused-ring (bicyclic) bond motifs is 1. The average molecular weight is 324 g/mol. The fourth-order valence-corrected chi connectivity index (χ4v) is 2.66. The molecule has 0 spiro atoms. The first-order valence-electron chi connectivity index (χ1n) is 7.96. The van der Waals surface area contributed by atoms with E-state index >= 15 is 0 Å². The molecule has 0 bridgehead atoms. The van der Waals surface area contributed by atoms with E-state index in [0.717, 1.165) is 0 Å². The molecule has 23 heavy (non-hydrogen) atoms. The van der Waals surface area contributed by atoms with E-state index in [1.54, 1.807) is 10.9 Å². The Morgan fingerprint density at radius 3 is 2.43 bits per heavy atom. The summed E-state index contributed by atoms with van der Waals surface area (Å²) in [5.41, 5.74) is 0.0770. The zero-order valence-electron chi connectivity index (χ0n) is 13.8. The Kier molecular flexibility index (Phi) is 5.38. The highest BCUT2D eigenvalue weighted by Crippen LogP contribution is 2.07. The van der Waals surface area contributed by atoms with Crippen LogP contribution >= 0.6 is 0 Å². The van der Waals surface area contributed by atoms with E-state index in [-0.39, 0.29) is 12.1 Å². The van der Waals surface area contributed by atoms with Gasteiger partial charge in [-0.15, -0.1) is 0 Å². The molecule has 128 valence electrons. The van der Waals surface area contributed by atoms with Gasteiger partial charge in [0, 0.05) is 19.6 Å². The third kappa shape index (κ3) is 3.23. The first-order chi connectivity index (χ1) is 10.9. The minimum atomic E-state index is -0.857. The number of hydrogen-bond acceptors (Lipinski definition) is 5. The summed E-state index contributed by atoms with van der Waals surface area (Å²) in [5.74, 6) is 0. The van der Waals surface area contributed by atoms with E-state index in [2.05, 4.69) is 4.98 Å². The molecule has 8 heteroatoms. The second-order valence-electron chi connectivity index (χ2n) is 5.64. The summed E-state index contributed by atoms with van der Waals surface area (Å²) in [7, 11) is 0. The summed E-state index contributed by atoms with van der Waals surface area (Å²) >= 11 is 0. The molecular formula is C15H24N4O4. The number of rotatable bonds is 7. The maximum Gasteiger partial charge on any atom is 0.332 e. The van der Waals surface area contributed by atoms with Gasteiger partial charge in [0.05, 0.1) is 18.5 Å². The van der Waals surface area contributed by atoms with Crippen LogP contribution in [0.25, 0.3) is 11.2 Å². The Bertz CT molecular complexity index is 787. The van der Waals surface area contributed by atoms with Gasteiger partial charge in [-0.1, -0.05) is 0 Å². The highest BCUT2D eigenvalue weighted by molar-refractivity contribution is 5.70. The fraction of sp³-hybridized carbons (Fsp3) is 0.667. The number of aromatic nitrogens is 4. The van der Waals surface area contributed by atoms with Crippen molar-refractivity contribution in [1.82, 2.24) is 18.7 Å². The molecule has 2 aromatic rings. The molecular weight excluding hydrogens is 300 g/mol. The number of hydrogen-bond donors (Lipinski definition) is 2. The highest BCUT2D eigenvalue weighted by atomic mass is 16.3. The molecule has 0 saturated heterocycles. The topological polar surface area (TPSA) is 102 Å². The molecule has 8 nitrogen and oxygen atoms in total. The summed E-state index contributed by atoms with van der Waals surface area (Å²) in [4.78, 5) is 29.3. The molecule has 2 heterocycles. The Balaban J connectivity index is 2.43. The molecule has 0 saturated carbocycles. The molecule has 0 radical (unpaired) electrons. The lowest BCUT2D eigenvalue weighted by Crippen LogP contribution is -2.40. The van der Waals surface area contributed by atoms with Crippen molar-refractivity contribution in [1.29, 1.82) is 0 Å². The molecule has 2 unspecified atom stereocenters. The zero-order valence-corrected chi connectivity index (χ0v) is 13.8. The summed E-state index contributed by atoms with van der Waals surface area (Å²) in [6.45, 7) is 6.46. The number of imidazole rings is 1. The van der Waals surface area contributed by atoms with Crippen LogP contribution in [0.15, 0.2) is 15.9 Å². The molecule has 2 aromatic heterocycles. The van der Waals surface area contributed by atoms with Crippen molar-refractivity contribution in [3.05, 3.63) is 27.2 Å². The van der Waals surface area contributed by atoms with Crippen LogP contribution in [0.2, 0.25) is 0 Å². The van der Waals surface area contributed by atoms with Crippen molar-refractivity contribution in [3.8, 4) is 0 Å². The molecule has 2 atom stereocenters. The lowest BCUT2D eigenvalue weighted by Gasteiger charge is -2.14. The van der Waals surface area contributed by atoms with E-state index in [9.17, 15) is 19.8 Å². The highest BCUT2D eigenvalue weighted by Gasteiger charge is 2.17. The molecule has 0 aliphatic rings. The Morgan fingerprint density at radius 2 is 1.87 bits per heavy atom. The SMILES string of the molecule is CCn1cnc2c1c(=O)n(CCCC(O)C(C)O)c(=O)n2CC. The van der Waals surface area contributed by atoms with Crippen LogP contribution in [-0.2, 0) is 19.6 Å². The molecule has 0 aliphatic carbocycles. The van der Waals surface area contributed by atoms with Gasteiger partial charge in [0.1, 0.15) is 0 Å². The first-order valence-corrected chi connectivity index (χ1v) is 7.96. The predicted octanol–water partition coefficient (Wildman–Crippen LogP) is -0.0786. The van der Waals surface area contributed by atoms with Crippen molar-refractivity contribution < 1.29 is 10.2 Å². The van der Waals surface area contributed by atoms with E-state index < -0.39 is 17.9 Å². The lowest BCUT2D eigenvalue weighted by atomic mass is 10.1. The van der Waals surface area contributed by atoms with Crippen molar-refractivity contribution in [3.63, 3.8) is 0 Å². The third-order valence-corrected chi connectivity index (χ3v) is 4.08. The van der Waals surface area contributed by atoms with Crippen LogP contribution in [0.3, 0.4) is 0 Å². The number of aryl methyl sites for hydroxylation is 2. The van der Waals surface area contributed by atoms with Gasteiger partial charge in [0.2, 0.25) is 0 Å². The normalized spacial score (nSPS) is 14.3. The van der Waals surface area contributed by atoms with Crippen molar-refractivity contribution in [2.24, 2.45) is 0 Å². The van der Waals surface area contributed by atoms with Crippen molar-refractivity contribution >= 4 is 11.2 Å². The molecule has 0 aliphatic heterocycles. The summed E-state index contributed by atoms with van der Waals surface area (Å²) in [6.07, 6.45) is 0.628. The van der Waals surface area contributed by atoms with E-state index in [1.165, 1.54) is 16.1 Å². The lowest BCUT2D eigenvalue weighted by molar-refractivity contribution is 0.0243. The van der Waals surface area contributed by atoms with Gasteiger partial charge >= 0.3 is 5.69 Å². The summed E-state index contributed by atoms with van der Waals surface area (Å²) in [6, 6.07) is 0. The van der Waals surface area contributed by atoms with Crippen LogP contribution in [0.4, 0.5) is 0 Å². The monoisotopic (exact) mass is 324 g/mol. The first kappa shape index (κ1) is 17.4. The van der Waals surface area contributed by atoms with E-state index in [4.69, 9.17) is 0 Å². The smallest absolute Gasteiger partial charge is 0.332 e. The van der Waals surface area contributed by atoms with Crippen LogP contribution < -0.4 is 11.2 Å². The minimum absolute atomic E-state index is 0.201. The molecule has 0 fully saturated rings. The van der Waals surface area contributed by atoms with Crippen molar-refractivity contribution in [2.45, 2.75) is 65.5 Å². The van der Waals surface area contributed by atoms with Crippen molar-refractivity contribution in [2.75, 3.05) is 0 Å². The Hall–Kier alpha value is -1.93. The van der Waals surface area contributed by atoms with Gasteiger partial charge in [-0.3, -0.25) is 13.9 Å². The fourth-order valence-electron chi connectivity index (χ4n) is 2.66. The molecule has 2 rings (SSSR count). The predicted molar refractivity (Wildman–Crippen MR) is 86.5 cm³/mol. The Morgan fingerprint density at radius 1 is 1.17 bits per heavy atom. The Labute approximate surface area is 133 Å². The molecule has 2 N–H and O–H groups in total. The van der Waals surface area contributed by atoms with Crippen LogP contribution in [0, 0.1) is 0 Å². The second-order valence-corrected chi connectivity index (χ2v) is 5.64. The molecule has 0 aromatic carbocycles.